The van der Waals surface area contributed by atoms with E-state index in [-0.39, 0.29) is 0 Å². The third-order valence-corrected chi connectivity index (χ3v) is 1.09. The molecule has 0 amide bonds. The first-order valence-corrected chi connectivity index (χ1v) is 2.68. The zero-order valence-electron chi connectivity index (χ0n) is 4.55. The van der Waals surface area contributed by atoms with Crippen LogP contribution in [0, 0.1) is 13.0 Å². The van der Waals surface area contributed by atoms with E-state index in [2.05, 4.69) is 13.3 Å². The van der Waals surface area contributed by atoms with Gasteiger partial charge in [-0.15, -0.1) is 0 Å². The molecular formula is C6H10O. The fourth-order valence-corrected chi connectivity index (χ4v) is 0.674. The van der Waals surface area contributed by atoms with Crippen LogP contribution in [-0.4, -0.2) is 6.10 Å². The topological polar surface area (TPSA) is 9.23 Å². The van der Waals surface area contributed by atoms with Crippen LogP contribution in [0.4, 0.5) is 0 Å². The average molecular weight is 98.1 g/mol. The number of ether oxygens (including phenoxy) is 1. The summed E-state index contributed by atoms with van der Waals surface area (Å²) in [5.74, 6) is 0. The zero-order valence-corrected chi connectivity index (χ0v) is 4.55. The minimum atomic E-state index is 0.425. The molecule has 0 bridgehead atoms. The van der Waals surface area contributed by atoms with Crippen LogP contribution in [0.15, 0.2) is 0 Å². The molecule has 0 aliphatic carbocycles. The lowest BCUT2D eigenvalue weighted by atomic mass is 10.1. The molecule has 1 nitrogen and oxygen atoms in total. The fourth-order valence-electron chi connectivity index (χ4n) is 0.674. The molecule has 1 saturated heterocycles. The monoisotopic (exact) mass is 98.1 g/mol. The van der Waals surface area contributed by atoms with Gasteiger partial charge in [-0.1, -0.05) is 0 Å². The van der Waals surface area contributed by atoms with Crippen molar-refractivity contribution in [2.45, 2.75) is 25.9 Å². The normalized spacial score (nSPS) is 33.0. The molecule has 1 atom stereocenters. The minimum absolute atomic E-state index is 0.425. The van der Waals surface area contributed by atoms with Gasteiger partial charge in [0, 0.05) is 0 Å². The van der Waals surface area contributed by atoms with E-state index < -0.39 is 0 Å². The fraction of sp³-hybridized carbons (Fsp3) is 0.667. The number of hydrogen-bond acceptors (Lipinski definition) is 1. The van der Waals surface area contributed by atoms with Crippen LogP contribution in [0.5, 0.6) is 0 Å². The van der Waals surface area contributed by atoms with Crippen molar-refractivity contribution in [3.05, 3.63) is 13.0 Å². The summed E-state index contributed by atoms with van der Waals surface area (Å²) in [6.07, 6.45) is 4.78. The molecule has 40 valence electrons. The van der Waals surface area contributed by atoms with Crippen LogP contribution < -0.4 is 0 Å². The molecule has 1 heterocycles. The molecule has 2 radical (unpaired) electrons. The van der Waals surface area contributed by atoms with E-state index in [0.717, 1.165) is 12.8 Å². The summed E-state index contributed by atoms with van der Waals surface area (Å²) < 4.78 is 5.12. The summed E-state index contributed by atoms with van der Waals surface area (Å²) in [6, 6.07) is 0. The number of hydrogen-bond donors (Lipinski definition) is 0. The van der Waals surface area contributed by atoms with Gasteiger partial charge in [-0.25, -0.2) is 0 Å². The largest absolute Gasteiger partial charge is 0.373 e. The van der Waals surface area contributed by atoms with Gasteiger partial charge < -0.3 is 4.74 Å². The smallest absolute Gasteiger partial charge is 0.0843 e. The van der Waals surface area contributed by atoms with Gasteiger partial charge >= 0.3 is 0 Å². The molecule has 1 aliphatic heterocycles. The van der Waals surface area contributed by atoms with Crippen molar-refractivity contribution in [3.63, 3.8) is 0 Å². The number of rotatable bonds is 0. The first-order chi connectivity index (χ1) is 3.39. The van der Waals surface area contributed by atoms with E-state index in [4.69, 9.17) is 4.74 Å². The first-order valence-electron chi connectivity index (χ1n) is 2.68. The van der Waals surface area contributed by atoms with E-state index in [1.54, 1.807) is 0 Å². The molecule has 0 N–H and O–H groups in total. The van der Waals surface area contributed by atoms with Gasteiger partial charge in [-0.2, -0.15) is 0 Å². The van der Waals surface area contributed by atoms with Gasteiger partial charge in [0.15, 0.2) is 0 Å². The van der Waals surface area contributed by atoms with Crippen LogP contribution in [0.1, 0.15) is 19.8 Å². The molecule has 1 aliphatic rings. The van der Waals surface area contributed by atoms with Crippen LogP contribution in [0.3, 0.4) is 0 Å². The van der Waals surface area contributed by atoms with Crippen molar-refractivity contribution in [1.29, 1.82) is 0 Å². The Morgan fingerprint density at radius 3 is 2.86 bits per heavy atom. The molecule has 1 heteroatoms. The van der Waals surface area contributed by atoms with E-state index in [1.165, 1.54) is 0 Å². The predicted octanol–water partition coefficient (Wildman–Crippen LogP) is 1.55. The molecule has 7 heavy (non-hydrogen) atoms. The summed E-state index contributed by atoms with van der Waals surface area (Å²) in [7, 11) is 0. The van der Waals surface area contributed by atoms with Gasteiger partial charge in [0.25, 0.3) is 0 Å². The van der Waals surface area contributed by atoms with Crippen molar-refractivity contribution in [3.8, 4) is 0 Å². The Labute approximate surface area is 44.7 Å². The van der Waals surface area contributed by atoms with Crippen molar-refractivity contribution >= 4 is 0 Å². The van der Waals surface area contributed by atoms with Crippen molar-refractivity contribution in [2.24, 2.45) is 0 Å². The summed E-state index contributed by atoms with van der Waals surface area (Å²) >= 11 is 0. The van der Waals surface area contributed by atoms with Crippen molar-refractivity contribution in [2.75, 3.05) is 0 Å². The Kier molecular flexibility index (Phi) is 1.69. The lowest BCUT2D eigenvalue weighted by Crippen LogP contribution is -2.11. The van der Waals surface area contributed by atoms with E-state index in [0.29, 0.717) is 6.10 Å². The maximum atomic E-state index is 5.12. The second kappa shape index (κ2) is 2.31. The molecular weight excluding hydrogens is 88.1 g/mol. The van der Waals surface area contributed by atoms with Gasteiger partial charge in [0.1, 0.15) is 0 Å². The third kappa shape index (κ3) is 1.48. The summed E-state index contributed by atoms with van der Waals surface area (Å²) in [5, 5.41) is 0. The molecule has 1 rings (SSSR count). The summed E-state index contributed by atoms with van der Waals surface area (Å²) in [5.41, 5.74) is 0. The van der Waals surface area contributed by atoms with Crippen LogP contribution >= 0.6 is 0 Å². The second-order valence-corrected chi connectivity index (χ2v) is 1.87. The first kappa shape index (κ1) is 5.10. The van der Waals surface area contributed by atoms with Gasteiger partial charge in [-0.3, -0.25) is 0 Å². The lowest BCUT2D eigenvalue weighted by Gasteiger charge is -2.16. The van der Waals surface area contributed by atoms with E-state index in [9.17, 15) is 0 Å². The zero-order chi connectivity index (χ0) is 5.11. The molecule has 0 saturated carbocycles. The Morgan fingerprint density at radius 2 is 2.57 bits per heavy atom. The highest BCUT2D eigenvalue weighted by Crippen LogP contribution is 2.12. The molecule has 1 fully saturated rings. The van der Waals surface area contributed by atoms with Crippen molar-refractivity contribution < 1.29 is 4.74 Å². The van der Waals surface area contributed by atoms with Gasteiger partial charge in [0.05, 0.1) is 12.7 Å². The highest BCUT2D eigenvalue weighted by Gasteiger charge is 2.06. The van der Waals surface area contributed by atoms with E-state index in [1.807, 2.05) is 6.61 Å². The summed E-state index contributed by atoms with van der Waals surface area (Å²) in [6.45, 7) is 3.93. The quantitative estimate of drug-likeness (QED) is 0.446. The minimum Gasteiger partial charge on any atom is -0.373 e. The molecule has 0 aromatic carbocycles. The van der Waals surface area contributed by atoms with Crippen molar-refractivity contribution in [1.82, 2.24) is 0 Å². The summed E-state index contributed by atoms with van der Waals surface area (Å²) in [4.78, 5) is 0. The lowest BCUT2D eigenvalue weighted by molar-refractivity contribution is 0.0974. The average Bonchev–Trinajstić information content (AvgIpc) is 1.69. The van der Waals surface area contributed by atoms with Crippen LogP contribution in [-0.2, 0) is 4.74 Å². The Bertz CT molecular complexity index is 46.1. The highest BCUT2D eigenvalue weighted by molar-refractivity contribution is 4.78. The Hall–Kier alpha value is -0.0400. The Morgan fingerprint density at radius 1 is 1.71 bits per heavy atom. The maximum Gasteiger partial charge on any atom is 0.0843 e. The second-order valence-electron chi connectivity index (χ2n) is 1.87. The molecule has 0 spiro atoms. The van der Waals surface area contributed by atoms with Gasteiger partial charge in [-0.05, 0) is 26.2 Å². The van der Waals surface area contributed by atoms with Crippen LogP contribution in [0.2, 0.25) is 0 Å². The standard InChI is InChI=1S/C6H10O/c1-6-4-2-3-5-7-6/h2,5-6H,3-4H2,1H3. The Balaban J connectivity index is 2.12. The van der Waals surface area contributed by atoms with E-state index >= 15 is 0 Å². The molecule has 1 unspecified atom stereocenters. The molecule has 0 aromatic heterocycles. The molecule has 0 aromatic rings. The van der Waals surface area contributed by atoms with Gasteiger partial charge in [0.2, 0.25) is 0 Å². The predicted molar refractivity (Wildman–Crippen MR) is 28.4 cm³/mol. The SMILES string of the molecule is CC1C[CH]C[CH]O1. The maximum absolute atomic E-state index is 5.12. The highest BCUT2D eigenvalue weighted by atomic mass is 16.5. The third-order valence-electron chi connectivity index (χ3n) is 1.09. The van der Waals surface area contributed by atoms with Crippen LogP contribution in [0.25, 0.3) is 0 Å².